The minimum Gasteiger partial charge on any atom is -0.322 e. The van der Waals surface area contributed by atoms with Gasteiger partial charge in [0.05, 0.1) is 10.4 Å². The maximum Gasteiger partial charge on any atom is 0.265 e. The van der Waals surface area contributed by atoms with Crippen LogP contribution in [0.15, 0.2) is 40.5 Å². The third-order valence-corrected chi connectivity index (χ3v) is 4.91. The normalized spacial score (nSPS) is 11.7. The van der Waals surface area contributed by atoms with E-state index in [0.29, 0.717) is 10.6 Å². The molecule has 0 saturated carbocycles. The summed E-state index contributed by atoms with van der Waals surface area (Å²) in [4.78, 5) is 27.8. The Morgan fingerprint density at radius 1 is 1.17 bits per heavy atom. The van der Waals surface area contributed by atoms with E-state index in [1.54, 1.807) is 6.07 Å². The van der Waals surface area contributed by atoms with Crippen LogP contribution < -0.4 is 10.9 Å². The molecule has 0 aliphatic rings. The highest BCUT2D eigenvalue weighted by atomic mass is 32.1. The number of hydrogen-bond donors (Lipinski definition) is 2. The standard InChI is InChI=1S/C19H20N2O2S/c1-11-7-16(24-10-11)18(23)20-12-5-6-13-14(19(2,3)4)9-17(22)21-15(13)8-12/h5-10H,1-4H3,(H,20,23)(H,21,22). The Hall–Kier alpha value is -2.40. The Labute approximate surface area is 144 Å². The monoisotopic (exact) mass is 340 g/mol. The molecule has 4 nitrogen and oxygen atoms in total. The minimum absolute atomic E-state index is 0.133. The van der Waals surface area contributed by atoms with Gasteiger partial charge < -0.3 is 10.3 Å². The number of aryl methyl sites for hydroxylation is 1. The molecule has 3 aromatic rings. The van der Waals surface area contributed by atoms with Gasteiger partial charge in [-0.25, -0.2) is 0 Å². The molecule has 0 saturated heterocycles. The Morgan fingerprint density at radius 2 is 1.92 bits per heavy atom. The van der Waals surface area contributed by atoms with Gasteiger partial charge in [-0.05, 0) is 47.0 Å². The number of pyridine rings is 1. The van der Waals surface area contributed by atoms with Crippen molar-refractivity contribution in [3.8, 4) is 0 Å². The molecule has 0 atom stereocenters. The van der Waals surface area contributed by atoms with Crippen molar-refractivity contribution in [1.82, 2.24) is 4.98 Å². The van der Waals surface area contributed by atoms with Gasteiger partial charge in [-0.2, -0.15) is 0 Å². The van der Waals surface area contributed by atoms with Gasteiger partial charge in [0.2, 0.25) is 5.56 Å². The molecule has 0 aliphatic carbocycles. The zero-order valence-corrected chi connectivity index (χ0v) is 15.0. The van der Waals surface area contributed by atoms with E-state index in [1.807, 2.05) is 36.6 Å². The second-order valence-corrected chi connectivity index (χ2v) is 7.91. The number of H-pyrrole nitrogens is 1. The van der Waals surface area contributed by atoms with E-state index < -0.39 is 0 Å². The SMILES string of the molecule is Cc1csc(C(=O)Nc2ccc3c(C(C)(C)C)cc(=O)[nH]c3c2)c1. The van der Waals surface area contributed by atoms with Crippen molar-refractivity contribution < 1.29 is 4.79 Å². The molecule has 2 N–H and O–H groups in total. The molecule has 0 spiro atoms. The molecule has 124 valence electrons. The lowest BCUT2D eigenvalue weighted by Crippen LogP contribution is -2.17. The second kappa shape index (κ2) is 5.91. The van der Waals surface area contributed by atoms with Gasteiger partial charge in [-0.3, -0.25) is 9.59 Å². The highest BCUT2D eigenvalue weighted by Gasteiger charge is 2.18. The van der Waals surface area contributed by atoms with Crippen LogP contribution in [-0.4, -0.2) is 10.9 Å². The molecule has 1 amide bonds. The second-order valence-electron chi connectivity index (χ2n) is 7.00. The number of carbonyl (C=O) groups excluding carboxylic acids is 1. The number of thiophene rings is 1. The Morgan fingerprint density at radius 3 is 2.54 bits per heavy atom. The molecule has 0 radical (unpaired) electrons. The van der Waals surface area contributed by atoms with Crippen molar-refractivity contribution in [1.29, 1.82) is 0 Å². The number of carbonyl (C=O) groups is 1. The van der Waals surface area contributed by atoms with E-state index >= 15 is 0 Å². The zero-order valence-electron chi connectivity index (χ0n) is 14.2. The van der Waals surface area contributed by atoms with E-state index in [2.05, 4.69) is 31.1 Å². The first-order chi connectivity index (χ1) is 11.2. The Kier molecular flexibility index (Phi) is 4.05. The fourth-order valence-electron chi connectivity index (χ4n) is 2.70. The molecular weight excluding hydrogens is 320 g/mol. The van der Waals surface area contributed by atoms with E-state index in [4.69, 9.17) is 0 Å². The highest BCUT2D eigenvalue weighted by molar-refractivity contribution is 7.12. The average Bonchev–Trinajstić information content (AvgIpc) is 2.92. The lowest BCUT2D eigenvalue weighted by Gasteiger charge is -2.21. The molecule has 0 unspecified atom stereocenters. The highest BCUT2D eigenvalue weighted by Crippen LogP contribution is 2.29. The molecule has 2 aromatic heterocycles. The third-order valence-electron chi connectivity index (χ3n) is 3.86. The summed E-state index contributed by atoms with van der Waals surface area (Å²) in [5, 5.41) is 5.83. The Bertz CT molecular complexity index is 977. The van der Waals surface area contributed by atoms with E-state index in [0.717, 1.165) is 22.0 Å². The van der Waals surface area contributed by atoms with Gasteiger partial charge in [-0.15, -0.1) is 11.3 Å². The van der Waals surface area contributed by atoms with E-state index in [1.165, 1.54) is 11.3 Å². The summed E-state index contributed by atoms with van der Waals surface area (Å²) in [6, 6.07) is 9.13. The van der Waals surface area contributed by atoms with Crippen LogP contribution in [-0.2, 0) is 5.41 Å². The van der Waals surface area contributed by atoms with Gasteiger partial charge in [0.15, 0.2) is 0 Å². The number of benzene rings is 1. The lowest BCUT2D eigenvalue weighted by molar-refractivity contribution is 0.103. The molecule has 2 heterocycles. The summed E-state index contributed by atoms with van der Waals surface area (Å²) in [7, 11) is 0. The predicted octanol–water partition coefficient (Wildman–Crippen LogP) is 4.45. The molecule has 0 aliphatic heterocycles. The minimum atomic E-state index is -0.137. The van der Waals surface area contributed by atoms with Crippen LogP contribution in [0, 0.1) is 6.92 Å². The van der Waals surface area contributed by atoms with Crippen LogP contribution in [0.1, 0.15) is 41.6 Å². The summed E-state index contributed by atoms with van der Waals surface area (Å²) in [5.41, 5.74) is 3.19. The number of aromatic nitrogens is 1. The van der Waals surface area contributed by atoms with Gasteiger partial charge >= 0.3 is 0 Å². The Balaban J connectivity index is 2.00. The summed E-state index contributed by atoms with van der Waals surface area (Å²) in [6.45, 7) is 8.20. The van der Waals surface area contributed by atoms with E-state index in [9.17, 15) is 9.59 Å². The first kappa shape index (κ1) is 16.5. The number of rotatable bonds is 2. The molecule has 5 heteroatoms. The number of nitrogens with one attached hydrogen (secondary N) is 2. The molecule has 0 bridgehead atoms. The molecular formula is C19H20N2O2S. The zero-order chi connectivity index (χ0) is 17.5. The van der Waals surface area contributed by atoms with Crippen LogP contribution in [0.25, 0.3) is 10.9 Å². The number of aromatic amines is 1. The van der Waals surface area contributed by atoms with Crippen molar-refractivity contribution >= 4 is 33.8 Å². The smallest absolute Gasteiger partial charge is 0.265 e. The first-order valence-electron chi connectivity index (χ1n) is 7.78. The maximum atomic E-state index is 12.3. The molecule has 3 rings (SSSR count). The van der Waals surface area contributed by atoms with Crippen molar-refractivity contribution in [3.63, 3.8) is 0 Å². The van der Waals surface area contributed by atoms with Gasteiger partial charge in [-0.1, -0.05) is 26.8 Å². The van der Waals surface area contributed by atoms with Crippen molar-refractivity contribution in [2.75, 3.05) is 5.32 Å². The number of anilines is 1. The summed E-state index contributed by atoms with van der Waals surface area (Å²) in [6.07, 6.45) is 0. The van der Waals surface area contributed by atoms with Crippen LogP contribution >= 0.6 is 11.3 Å². The van der Waals surface area contributed by atoms with Gasteiger partial charge in [0.1, 0.15) is 0 Å². The van der Waals surface area contributed by atoms with Crippen LogP contribution in [0.2, 0.25) is 0 Å². The van der Waals surface area contributed by atoms with Gasteiger partial charge in [0, 0.05) is 17.1 Å². The average molecular weight is 340 g/mol. The summed E-state index contributed by atoms with van der Waals surface area (Å²) < 4.78 is 0. The summed E-state index contributed by atoms with van der Waals surface area (Å²) in [5.74, 6) is -0.137. The van der Waals surface area contributed by atoms with Crippen molar-refractivity contribution in [2.24, 2.45) is 0 Å². The number of fused-ring (bicyclic) bond motifs is 1. The van der Waals surface area contributed by atoms with Gasteiger partial charge in [0.25, 0.3) is 5.91 Å². The van der Waals surface area contributed by atoms with Crippen LogP contribution in [0.5, 0.6) is 0 Å². The molecule has 0 fully saturated rings. The number of hydrogen-bond acceptors (Lipinski definition) is 3. The fraction of sp³-hybridized carbons (Fsp3) is 0.263. The maximum absolute atomic E-state index is 12.3. The molecule has 24 heavy (non-hydrogen) atoms. The van der Waals surface area contributed by atoms with E-state index in [-0.39, 0.29) is 16.9 Å². The van der Waals surface area contributed by atoms with Crippen LogP contribution in [0.4, 0.5) is 5.69 Å². The van der Waals surface area contributed by atoms with Crippen molar-refractivity contribution in [2.45, 2.75) is 33.1 Å². The predicted molar refractivity (Wildman–Crippen MR) is 100 cm³/mol. The van der Waals surface area contributed by atoms with Crippen LogP contribution in [0.3, 0.4) is 0 Å². The van der Waals surface area contributed by atoms with Crippen molar-refractivity contribution in [3.05, 3.63) is 62.1 Å². The quantitative estimate of drug-likeness (QED) is 0.724. The lowest BCUT2D eigenvalue weighted by atomic mass is 9.85. The largest absolute Gasteiger partial charge is 0.322 e. The topological polar surface area (TPSA) is 62.0 Å². The molecule has 1 aromatic carbocycles. The fourth-order valence-corrected chi connectivity index (χ4v) is 3.49. The first-order valence-corrected chi connectivity index (χ1v) is 8.66. The third kappa shape index (κ3) is 3.26. The summed E-state index contributed by atoms with van der Waals surface area (Å²) >= 11 is 1.42. The number of amides is 1.